The Kier molecular flexibility index (Phi) is 6.26. The molecular formula is C16H24N2O6S. The maximum Gasteiger partial charge on any atom is 0.259 e. The van der Waals surface area contributed by atoms with Crippen LogP contribution in [0.5, 0.6) is 11.5 Å². The van der Waals surface area contributed by atoms with Crippen molar-refractivity contribution in [2.45, 2.75) is 6.04 Å². The Morgan fingerprint density at radius 2 is 1.84 bits per heavy atom. The predicted octanol–water partition coefficient (Wildman–Crippen LogP) is 0.340. The summed E-state index contributed by atoms with van der Waals surface area (Å²) in [6.07, 6.45) is 0. The molecule has 140 valence electrons. The number of hydrogen-bond acceptors (Lipinski definition) is 6. The fourth-order valence-electron chi connectivity index (χ4n) is 2.66. The molecule has 1 amide bonds. The number of carbonyl (C=O) groups excluding carboxylic acids is 1. The lowest BCUT2D eigenvalue weighted by Crippen LogP contribution is -2.43. The quantitative estimate of drug-likeness (QED) is 0.742. The monoisotopic (exact) mass is 372 g/mol. The SMILES string of the molecule is COc1cccc(OC)c1C(=O)NC1COCC1CS(=O)(=O)N(C)C. The fraction of sp³-hybridized carbons (Fsp3) is 0.562. The van der Waals surface area contributed by atoms with Crippen LogP contribution in [0.15, 0.2) is 18.2 Å². The molecule has 9 heteroatoms. The van der Waals surface area contributed by atoms with E-state index in [2.05, 4.69) is 5.32 Å². The first kappa shape index (κ1) is 19.5. The van der Waals surface area contributed by atoms with Crippen LogP contribution in [0.4, 0.5) is 0 Å². The van der Waals surface area contributed by atoms with Crippen molar-refractivity contribution >= 4 is 15.9 Å². The molecule has 1 aromatic carbocycles. The Hall–Kier alpha value is -1.84. The minimum Gasteiger partial charge on any atom is -0.496 e. The van der Waals surface area contributed by atoms with E-state index < -0.39 is 22.0 Å². The van der Waals surface area contributed by atoms with Crippen LogP contribution in [0.2, 0.25) is 0 Å². The summed E-state index contributed by atoms with van der Waals surface area (Å²) in [7, 11) is 2.52. The summed E-state index contributed by atoms with van der Waals surface area (Å²) in [5, 5.41) is 2.85. The van der Waals surface area contributed by atoms with Crippen LogP contribution in [0.3, 0.4) is 0 Å². The second kappa shape index (κ2) is 8.03. The van der Waals surface area contributed by atoms with Gasteiger partial charge >= 0.3 is 0 Å². The van der Waals surface area contributed by atoms with Gasteiger partial charge in [-0.1, -0.05) is 6.07 Å². The van der Waals surface area contributed by atoms with E-state index in [1.54, 1.807) is 18.2 Å². The van der Waals surface area contributed by atoms with Crippen molar-refractivity contribution in [1.29, 1.82) is 0 Å². The summed E-state index contributed by atoms with van der Waals surface area (Å²) in [5.74, 6) is -0.0378. The average molecular weight is 372 g/mol. The number of carbonyl (C=O) groups is 1. The van der Waals surface area contributed by atoms with Crippen molar-refractivity contribution in [2.75, 3.05) is 47.3 Å². The molecule has 1 aliphatic rings. The van der Waals surface area contributed by atoms with E-state index in [1.807, 2.05) is 0 Å². The van der Waals surface area contributed by atoms with Crippen LogP contribution in [-0.4, -0.2) is 72.0 Å². The third-order valence-corrected chi connectivity index (χ3v) is 6.11. The predicted molar refractivity (Wildman–Crippen MR) is 92.6 cm³/mol. The van der Waals surface area contributed by atoms with E-state index in [9.17, 15) is 13.2 Å². The lowest BCUT2D eigenvalue weighted by molar-refractivity contribution is 0.0919. The lowest BCUT2D eigenvalue weighted by atomic mass is 10.1. The second-order valence-electron chi connectivity index (χ2n) is 5.98. The third-order valence-electron chi connectivity index (χ3n) is 4.15. The van der Waals surface area contributed by atoms with Crippen LogP contribution >= 0.6 is 0 Å². The largest absolute Gasteiger partial charge is 0.496 e. The molecule has 0 radical (unpaired) electrons. The fourth-order valence-corrected chi connectivity index (χ4v) is 3.83. The molecule has 1 fully saturated rings. The minimum atomic E-state index is -3.39. The zero-order valence-electron chi connectivity index (χ0n) is 14.8. The van der Waals surface area contributed by atoms with Gasteiger partial charge in [0, 0.05) is 20.0 Å². The molecule has 2 unspecified atom stereocenters. The average Bonchev–Trinajstić information content (AvgIpc) is 2.99. The Morgan fingerprint density at radius 3 is 2.36 bits per heavy atom. The maximum absolute atomic E-state index is 12.7. The summed E-state index contributed by atoms with van der Waals surface area (Å²) in [4.78, 5) is 12.7. The van der Waals surface area contributed by atoms with E-state index in [1.165, 1.54) is 32.6 Å². The number of nitrogens with zero attached hydrogens (tertiary/aromatic N) is 1. The molecule has 8 nitrogen and oxygen atoms in total. The molecule has 1 aliphatic heterocycles. The lowest BCUT2D eigenvalue weighted by Gasteiger charge is -2.22. The van der Waals surface area contributed by atoms with Crippen molar-refractivity contribution in [3.05, 3.63) is 23.8 Å². The van der Waals surface area contributed by atoms with E-state index in [4.69, 9.17) is 14.2 Å². The smallest absolute Gasteiger partial charge is 0.259 e. The number of hydrogen-bond donors (Lipinski definition) is 1. The number of rotatable bonds is 7. The number of sulfonamides is 1. The summed E-state index contributed by atoms with van der Waals surface area (Å²) in [5.41, 5.74) is 0.272. The Bertz CT molecular complexity index is 697. The van der Waals surface area contributed by atoms with Crippen molar-refractivity contribution in [2.24, 2.45) is 5.92 Å². The van der Waals surface area contributed by atoms with Crippen molar-refractivity contribution in [3.8, 4) is 11.5 Å². The number of amides is 1. The van der Waals surface area contributed by atoms with Crippen molar-refractivity contribution < 1.29 is 27.4 Å². The zero-order valence-corrected chi connectivity index (χ0v) is 15.6. The zero-order chi connectivity index (χ0) is 18.6. The topological polar surface area (TPSA) is 94.2 Å². The maximum atomic E-state index is 12.7. The Morgan fingerprint density at radius 1 is 1.24 bits per heavy atom. The first-order valence-corrected chi connectivity index (χ1v) is 9.41. The third kappa shape index (κ3) is 4.42. The molecule has 2 rings (SSSR count). The molecule has 1 heterocycles. The van der Waals surface area contributed by atoms with Crippen molar-refractivity contribution in [1.82, 2.24) is 9.62 Å². The Labute approximate surface area is 148 Å². The first-order valence-electron chi connectivity index (χ1n) is 7.80. The van der Waals surface area contributed by atoms with Crippen LogP contribution in [0.25, 0.3) is 0 Å². The molecule has 0 spiro atoms. The highest BCUT2D eigenvalue weighted by atomic mass is 32.2. The molecule has 25 heavy (non-hydrogen) atoms. The van der Waals surface area contributed by atoms with E-state index in [0.29, 0.717) is 11.5 Å². The number of nitrogens with one attached hydrogen (secondary N) is 1. The van der Waals surface area contributed by atoms with Gasteiger partial charge in [-0.05, 0) is 12.1 Å². The number of benzene rings is 1. The highest BCUT2D eigenvalue weighted by Crippen LogP contribution is 2.28. The van der Waals surface area contributed by atoms with Gasteiger partial charge in [0.2, 0.25) is 10.0 Å². The van der Waals surface area contributed by atoms with Gasteiger partial charge in [-0.2, -0.15) is 0 Å². The standard InChI is InChI=1S/C16H24N2O6S/c1-18(2)25(20,21)10-11-8-24-9-12(11)17-16(19)15-13(22-3)6-5-7-14(15)23-4/h5-7,11-12H,8-10H2,1-4H3,(H,17,19). The summed E-state index contributed by atoms with van der Waals surface area (Å²) in [6.45, 7) is 0.540. The molecule has 1 N–H and O–H groups in total. The van der Waals surface area contributed by atoms with Crippen LogP contribution < -0.4 is 14.8 Å². The van der Waals surface area contributed by atoms with Crippen LogP contribution in [-0.2, 0) is 14.8 Å². The van der Waals surface area contributed by atoms with Gasteiger partial charge < -0.3 is 19.5 Å². The Balaban J connectivity index is 2.17. The second-order valence-corrected chi connectivity index (χ2v) is 8.20. The van der Waals surface area contributed by atoms with E-state index >= 15 is 0 Å². The van der Waals surface area contributed by atoms with Gasteiger partial charge in [0.05, 0.1) is 39.2 Å². The molecule has 1 saturated heterocycles. The highest BCUT2D eigenvalue weighted by Gasteiger charge is 2.35. The molecule has 1 aromatic rings. The summed E-state index contributed by atoms with van der Waals surface area (Å²) in [6, 6.07) is 4.64. The van der Waals surface area contributed by atoms with Crippen LogP contribution in [0.1, 0.15) is 10.4 Å². The van der Waals surface area contributed by atoms with Gasteiger partial charge in [-0.3, -0.25) is 4.79 Å². The molecule has 0 bridgehead atoms. The van der Waals surface area contributed by atoms with Gasteiger partial charge in [0.15, 0.2) is 0 Å². The van der Waals surface area contributed by atoms with Gasteiger partial charge in [-0.25, -0.2) is 12.7 Å². The molecular weight excluding hydrogens is 348 g/mol. The summed E-state index contributed by atoms with van der Waals surface area (Å²) < 4.78 is 41.2. The molecule has 2 atom stereocenters. The van der Waals surface area contributed by atoms with E-state index in [0.717, 1.165) is 0 Å². The summed E-state index contributed by atoms with van der Waals surface area (Å²) >= 11 is 0. The normalized spacial score (nSPS) is 20.5. The van der Waals surface area contributed by atoms with Gasteiger partial charge in [0.25, 0.3) is 5.91 Å². The van der Waals surface area contributed by atoms with Gasteiger partial charge in [-0.15, -0.1) is 0 Å². The first-order chi connectivity index (χ1) is 11.8. The van der Waals surface area contributed by atoms with Crippen molar-refractivity contribution in [3.63, 3.8) is 0 Å². The number of ether oxygens (including phenoxy) is 3. The van der Waals surface area contributed by atoms with Gasteiger partial charge in [0.1, 0.15) is 17.1 Å². The number of methoxy groups -OCH3 is 2. The van der Waals surface area contributed by atoms with E-state index in [-0.39, 0.29) is 30.4 Å². The molecule has 0 saturated carbocycles. The minimum absolute atomic E-state index is 0.0893. The molecule has 0 aliphatic carbocycles. The van der Waals surface area contributed by atoms with Crippen LogP contribution in [0, 0.1) is 5.92 Å². The highest BCUT2D eigenvalue weighted by molar-refractivity contribution is 7.89. The molecule has 0 aromatic heterocycles.